The fourth-order valence-electron chi connectivity index (χ4n) is 1.79. The lowest BCUT2D eigenvalue weighted by atomic mass is 10.2. The number of nitrogens with one attached hydrogen (secondary N) is 1. The predicted molar refractivity (Wildman–Crippen MR) is 90.8 cm³/mol. The molecule has 0 bridgehead atoms. The van der Waals surface area contributed by atoms with Crippen LogP contribution in [0, 0.1) is 6.92 Å². The van der Waals surface area contributed by atoms with Gasteiger partial charge in [-0.1, -0.05) is 13.0 Å². The van der Waals surface area contributed by atoms with Gasteiger partial charge in [0.1, 0.15) is 18.5 Å². The highest BCUT2D eigenvalue weighted by Gasteiger charge is 2.10. The van der Waals surface area contributed by atoms with Crippen molar-refractivity contribution in [2.45, 2.75) is 32.4 Å². The summed E-state index contributed by atoms with van der Waals surface area (Å²) >= 11 is 5.28. The van der Waals surface area contributed by atoms with E-state index < -0.39 is 6.10 Å². The van der Waals surface area contributed by atoms with Gasteiger partial charge in [0, 0.05) is 18.3 Å². The minimum absolute atomic E-state index is 0.296. The van der Waals surface area contributed by atoms with Gasteiger partial charge < -0.3 is 15.2 Å². The first kappa shape index (κ1) is 17.8. The molecule has 0 saturated carbocycles. The van der Waals surface area contributed by atoms with E-state index in [0.717, 1.165) is 22.4 Å². The van der Waals surface area contributed by atoms with E-state index in [1.54, 1.807) is 0 Å². The number of halogens is 1. The first-order valence-electron chi connectivity index (χ1n) is 6.86. The zero-order valence-electron chi connectivity index (χ0n) is 12.4. The predicted octanol–water partition coefficient (Wildman–Crippen LogP) is 3.23. The van der Waals surface area contributed by atoms with Crippen molar-refractivity contribution in [2.75, 3.05) is 25.2 Å². The summed E-state index contributed by atoms with van der Waals surface area (Å²) in [5.41, 5.74) is 1.18. The van der Waals surface area contributed by atoms with Crippen molar-refractivity contribution in [3.05, 3.63) is 28.2 Å². The number of ether oxygens (including phenoxy) is 1. The Balaban J connectivity index is 2.33. The van der Waals surface area contributed by atoms with Crippen LogP contribution in [-0.2, 0) is 0 Å². The van der Waals surface area contributed by atoms with Crippen molar-refractivity contribution in [3.63, 3.8) is 0 Å². The van der Waals surface area contributed by atoms with Crippen LogP contribution in [0.2, 0.25) is 0 Å². The fourth-order valence-corrected chi connectivity index (χ4v) is 3.16. The lowest BCUT2D eigenvalue weighted by Crippen LogP contribution is -2.39. The molecule has 0 aliphatic rings. The highest BCUT2D eigenvalue weighted by Crippen LogP contribution is 2.25. The molecule has 0 aliphatic carbocycles. The Labute approximate surface area is 134 Å². The van der Waals surface area contributed by atoms with Gasteiger partial charge in [-0.2, -0.15) is 11.8 Å². The number of benzene rings is 1. The van der Waals surface area contributed by atoms with E-state index in [-0.39, 0.29) is 0 Å². The molecule has 0 aromatic heterocycles. The van der Waals surface area contributed by atoms with E-state index in [4.69, 9.17) is 4.74 Å². The maximum Gasteiger partial charge on any atom is 0.133 e. The fraction of sp³-hybridized carbons (Fsp3) is 0.600. The van der Waals surface area contributed by atoms with Crippen LogP contribution in [-0.4, -0.2) is 42.4 Å². The van der Waals surface area contributed by atoms with Crippen molar-refractivity contribution in [1.82, 2.24) is 5.32 Å². The van der Waals surface area contributed by atoms with E-state index in [2.05, 4.69) is 34.4 Å². The molecule has 2 atom stereocenters. The Bertz CT molecular complexity index is 403. The molecule has 5 heteroatoms. The van der Waals surface area contributed by atoms with Gasteiger partial charge in [0.05, 0.1) is 4.47 Å². The van der Waals surface area contributed by atoms with Crippen LogP contribution in [0.25, 0.3) is 0 Å². The Kier molecular flexibility index (Phi) is 8.61. The number of hydrogen-bond acceptors (Lipinski definition) is 4. The summed E-state index contributed by atoms with van der Waals surface area (Å²) in [5.74, 6) is 1.83. The summed E-state index contributed by atoms with van der Waals surface area (Å²) in [4.78, 5) is 0. The number of aryl methyl sites for hydroxylation is 1. The van der Waals surface area contributed by atoms with E-state index in [1.807, 2.05) is 36.9 Å². The molecule has 0 spiro atoms. The van der Waals surface area contributed by atoms with Gasteiger partial charge in [-0.15, -0.1) is 0 Å². The molecule has 0 saturated heterocycles. The van der Waals surface area contributed by atoms with Crippen LogP contribution >= 0.6 is 27.7 Å². The minimum Gasteiger partial charge on any atom is -0.490 e. The molecule has 0 amide bonds. The summed E-state index contributed by atoms with van der Waals surface area (Å²) in [6.45, 7) is 5.04. The molecule has 1 aromatic carbocycles. The molecule has 0 radical (unpaired) electrons. The topological polar surface area (TPSA) is 41.5 Å². The molecule has 0 heterocycles. The normalized spacial score (nSPS) is 14.1. The third kappa shape index (κ3) is 6.48. The second-order valence-corrected chi connectivity index (χ2v) is 6.63. The average molecular weight is 362 g/mol. The zero-order valence-corrected chi connectivity index (χ0v) is 14.8. The van der Waals surface area contributed by atoms with Crippen molar-refractivity contribution >= 4 is 27.7 Å². The number of hydrogen-bond donors (Lipinski definition) is 2. The SMILES string of the molecule is CCC(CSC)NCC(O)COc1ccc(C)cc1Br. The summed E-state index contributed by atoms with van der Waals surface area (Å²) in [6, 6.07) is 6.37. The summed E-state index contributed by atoms with van der Waals surface area (Å²) in [5, 5.41) is 13.3. The van der Waals surface area contributed by atoms with Crippen molar-refractivity contribution in [1.29, 1.82) is 0 Å². The van der Waals surface area contributed by atoms with Gasteiger partial charge in [-0.25, -0.2) is 0 Å². The van der Waals surface area contributed by atoms with Gasteiger partial charge >= 0.3 is 0 Å². The summed E-state index contributed by atoms with van der Waals surface area (Å²) in [6.07, 6.45) is 2.66. The lowest BCUT2D eigenvalue weighted by molar-refractivity contribution is 0.104. The molecular weight excluding hydrogens is 338 g/mol. The van der Waals surface area contributed by atoms with E-state index in [1.165, 1.54) is 5.56 Å². The van der Waals surface area contributed by atoms with E-state index in [9.17, 15) is 5.11 Å². The lowest BCUT2D eigenvalue weighted by Gasteiger charge is -2.19. The molecule has 0 aliphatic heterocycles. The summed E-state index contributed by atoms with van der Waals surface area (Å²) < 4.78 is 6.56. The highest BCUT2D eigenvalue weighted by atomic mass is 79.9. The van der Waals surface area contributed by atoms with Gasteiger partial charge in [-0.05, 0) is 53.2 Å². The molecule has 2 unspecified atom stereocenters. The largest absolute Gasteiger partial charge is 0.490 e. The second kappa shape index (κ2) is 9.66. The highest BCUT2D eigenvalue weighted by molar-refractivity contribution is 9.10. The number of aliphatic hydroxyl groups is 1. The zero-order chi connectivity index (χ0) is 15.0. The molecule has 1 aromatic rings. The number of thioether (sulfide) groups is 1. The maximum atomic E-state index is 9.96. The van der Waals surface area contributed by atoms with E-state index >= 15 is 0 Å². The second-order valence-electron chi connectivity index (χ2n) is 4.87. The molecule has 1 rings (SSSR count). The smallest absolute Gasteiger partial charge is 0.133 e. The van der Waals surface area contributed by atoms with E-state index in [0.29, 0.717) is 19.2 Å². The first-order chi connectivity index (χ1) is 9.56. The van der Waals surface area contributed by atoms with Crippen molar-refractivity contribution in [2.24, 2.45) is 0 Å². The number of rotatable bonds is 9. The maximum absolute atomic E-state index is 9.96. The van der Waals surface area contributed by atoms with Gasteiger partial charge in [-0.3, -0.25) is 0 Å². The third-order valence-electron chi connectivity index (χ3n) is 3.02. The van der Waals surface area contributed by atoms with Crippen LogP contribution < -0.4 is 10.1 Å². The number of aliphatic hydroxyl groups excluding tert-OH is 1. The Hall–Kier alpha value is -0.230. The van der Waals surface area contributed by atoms with Crippen LogP contribution in [0.3, 0.4) is 0 Å². The van der Waals surface area contributed by atoms with Crippen LogP contribution in [0.5, 0.6) is 5.75 Å². The van der Waals surface area contributed by atoms with Gasteiger partial charge in [0.15, 0.2) is 0 Å². The minimum atomic E-state index is -0.501. The Morgan fingerprint density at radius 2 is 2.20 bits per heavy atom. The molecule has 20 heavy (non-hydrogen) atoms. The summed E-state index contributed by atoms with van der Waals surface area (Å²) in [7, 11) is 0. The van der Waals surface area contributed by atoms with Crippen molar-refractivity contribution < 1.29 is 9.84 Å². The monoisotopic (exact) mass is 361 g/mol. The molecule has 0 fully saturated rings. The van der Waals surface area contributed by atoms with Gasteiger partial charge in [0.25, 0.3) is 0 Å². The first-order valence-corrected chi connectivity index (χ1v) is 9.04. The van der Waals surface area contributed by atoms with Crippen LogP contribution in [0.1, 0.15) is 18.9 Å². The average Bonchev–Trinajstić information content (AvgIpc) is 2.42. The molecule has 2 N–H and O–H groups in total. The molecular formula is C15H24BrNO2S. The molecule has 3 nitrogen and oxygen atoms in total. The van der Waals surface area contributed by atoms with Crippen LogP contribution in [0.15, 0.2) is 22.7 Å². The Morgan fingerprint density at radius 3 is 2.80 bits per heavy atom. The van der Waals surface area contributed by atoms with Gasteiger partial charge in [0.2, 0.25) is 0 Å². The molecule has 114 valence electrons. The quantitative estimate of drug-likeness (QED) is 0.708. The third-order valence-corrected chi connectivity index (χ3v) is 4.38. The Morgan fingerprint density at radius 1 is 1.45 bits per heavy atom. The van der Waals surface area contributed by atoms with Crippen LogP contribution in [0.4, 0.5) is 0 Å². The van der Waals surface area contributed by atoms with Crippen molar-refractivity contribution in [3.8, 4) is 5.75 Å². The standard InChI is InChI=1S/C15H24BrNO2S/c1-4-12(10-20-3)17-8-13(18)9-19-15-6-5-11(2)7-14(15)16/h5-7,12-13,17-18H,4,8-10H2,1-3H3.